The predicted molar refractivity (Wildman–Crippen MR) is 34.6 cm³/mol. The van der Waals surface area contributed by atoms with Crippen LogP contribution in [0.2, 0.25) is 0 Å². The van der Waals surface area contributed by atoms with E-state index in [1.807, 2.05) is 0 Å². The molecule has 1 rings (SSSR count). The van der Waals surface area contributed by atoms with Crippen molar-refractivity contribution in [2.75, 3.05) is 22.9 Å². The Morgan fingerprint density at radius 1 is 1.17 bits per heavy atom. The average Bonchev–Trinajstić information content (AvgIpc) is 1.56. The van der Waals surface area contributed by atoms with Crippen LogP contribution in [-0.2, 0) is 0 Å². The van der Waals surface area contributed by atoms with Gasteiger partial charge in [-0.05, 0) is 0 Å². The quantitative estimate of drug-likeness (QED) is 0.479. The molecule has 2 heteroatoms. The highest BCUT2D eigenvalue weighted by molar-refractivity contribution is 8.06. The van der Waals surface area contributed by atoms with E-state index in [2.05, 4.69) is 0 Å². The molecule has 1 saturated heterocycles. The van der Waals surface area contributed by atoms with Crippen LogP contribution >= 0.6 is 23.5 Å². The van der Waals surface area contributed by atoms with Crippen LogP contribution in [0.4, 0.5) is 0 Å². The van der Waals surface area contributed by atoms with Gasteiger partial charge in [0.15, 0.2) is 0 Å². The summed E-state index contributed by atoms with van der Waals surface area (Å²) in [6, 6.07) is 0. The first-order chi connectivity index (χ1) is 4.41. The molecular weight excluding hydrogens is 112 g/mol. The van der Waals surface area contributed by atoms with Gasteiger partial charge in [0.05, 0.1) is 0 Å². The zero-order valence-corrected chi connectivity index (χ0v) is 4.86. The summed E-state index contributed by atoms with van der Waals surface area (Å²) in [5.41, 5.74) is -2.77. The average molecular weight is 124 g/mol. The molecule has 0 aliphatic carbocycles. The van der Waals surface area contributed by atoms with Crippen molar-refractivity contribution in [3.8, 4) is 0 Å². The van der Waals surface area contributed by atoms with Gasteiger partial charge in [-0.2, -0.15) is 23.5 Å². The van der Waals surface area contributed by atoms with Crippen LogP contribution in [-0.4, -0.2) is 22.9 Å². The van der Waals surface area contributed by atoms with Crippen molar-refractivity contribution in [1.82, 2.24) is 0 Å². The molecule has 0 atom stereocenters. The van der Waals surface area contributed by atoms with Gasteiger partial charge in [0, 0.05) is 28.4 Å². The Kier molecular flexibility index (Phi) is 0.889. The Hall–Kier alpha value is 0.700. The van der Waals surface area contributed by atoms with E-state index in [1.165, 1.54) is 11.8 Å². The van der Waals surface area contributed by atoms with Gasteiger partial charge in [0.25, 0.3) is 0 Å². The topological polar surface area (TPSA) is 0 Å². The summed E-state index contributed by atoms with van der Waals surface area (Å²) in [6.07, 6.45) is 0. The number of hydrogen-bond donors (Lipinski definition) is 0. The molecule has 1 fully saturated rings. The second-order valence-corrected chi connectivity index (χ2v) is 2.65. The van der Waals surface area contributed by atoms with Gasteiger partial charge in [0.2, 0.25) is 0 Å². The molecule has 1 heterocycles. The molecule has 1 aliphatic heterocycles. The van der Waals surface area contributed by atoms with Crippen LogP contribution in [0.1, 0.15) is 5.48 Å². The first kappa shape index (κ1) is 1.90. The van der Waals surface area contributed by atoms with Crippen molar-refractivity contribution in [2.24, 2.45) is 0 Å². The molecular formula is C4H8S2. The van der Waals surface area contributed by atoms with E-state index in [-0.39, 0.29) is 0 Å². The Morgan fingerprint density at radius 2 is 1.83 bits per heavy atom. The molecule has 0 spiro atoms. The molecule has 1 aliphatic rings. The molecule has 36 valence electrons. The number of thioether (sulfide) groups is 2. The molecule has 0 N–H and O–H groups in total. The highest BCUT2D eigenvalue weighted by Crippen LogP contribution is 2.14. The second kappa shape index (κ2) is 2.80. The maximum absolute atomic E-state index is 7.25. The van der Waals surface area contributed by atoms with Crippen molar-refractivity contribution in [3.63, 3.8) is 0 Å². The Balaban J connectivity index is 2.56. The lowest BCUT2D eigenvalue weighted by Crippen LogP contribution is -1.97. The Labute approximate surface area is 52.7 Å². The molecule has 0 radical (unpaired) electrons. The largest absolute Gasteiger partial charge is 0.160 e. The standard InChI is InChI=1S/C4H8S2/c1-2-6-4-3-5-1/h1-4H2/i1D2,3D2. The molecule has 0 unspecified atom stereocenters. The monoisotopic (exact) mass is 124 g/mol. The maximum Gasteiger partial charge on any atom is 0.0389 e. The van der Waals surface area contributed by atoms with Crippen LogP contribution in [0.15, 0.2) is 0 Å². The van der Waals surface area contributed by atoms with Gasteiger partial charge in [-0.1, -0.05) is 0 Å². The molecule has 6 heavy (non-hydrogen) atoms. The summed E-state index contributed by atoms with van der Waals surface area (Å²) in [4.78, 5) is 0. The summed E-state index contributed by atoms with van der Waals surface area (Å²) in [7, 11) is 0. The van der Waals surface area contributed by atoms with E-state index >= 15 is 0 Å². The third kappa shape index (κ3) is 1.43. The van der Waals surface area contributed by atoms with Gasteiger partial charge < -0.3 is 0 Å². The highest BCUT2D eigenvalue weighted by Gasteiger charge is 1.95. The van der Waals surface area contributed by atoms with Gasteiger partial charge >= 0.3 is 0 Å². The minimum atomic E-state index is -1.38. The van der Waals surface area contributed by atoms with E-state index in [4.69, 9.17) is 5.48 Å². The van der Waals surface area contributed by atoms with E-state index < -0.39 is 11.4 Å². The predicted octanol–water partition coefficient (Wildman–Crippen LogP) is 1.47. The van der Waals surface area contributed by atoms with Gasteiger partial charge in [0.1, 0.15) is 0 Å². The minimum absolute atomic E-state index is 0.400. The first-order valence-corrected chi connectivity index (χ1v) is 3.66. The van der Waals surface area contributed by atoms with Gasteiger partial charge in [-0.3, -0.25) is 0 Å². The molecule has 0 amide bonds. The zero-order chi connectivity index (χ0) is 7.83. The van der Waals surface area contributed by atoms with Crippen molar-refractivity contribution < 1.29 is 5.48 Å². The molecule has 0 aromatic rings. The van der Waals surface area contributed by atoms with E-state index in [0.29, 0.717) is 11.5 Å². The third-order valence-electron chi connectivity index (χ3n) is 0.466. The SMILES string of the molecule is [2H]C1([2H])CSCC([2H])([2H])S1. The van der Waals surface area contributed by atoms with Crippen LogP contribution in [0.5, 0.6) is 0 Å². The van der Waals surface area contributed by atoms with Crippen molar-refractivity contribution >= 4 is 23.5 Å². The number of rotatable bonds is 0. The maximum atomic E-state index is 7.25. The van der Waals surface area contributed by atoms with Crippen LogP contribution in [0.3, 0.4) is 0 Å². The lowest BCUT2D eigenvalue weighted by Gasteiger charge is -2.05. The van der Waals surface area contributed by atoms with E-state index in [1.54, 1.807) is 0 Å². The summed E-state index contributed by atoms with van der Waals surface area (Å²) in [6.45, 7) is 0. The molecule has 0 nitrogen and oxygen atoms in total. The van der Waals surface area contributed by atoms with Crippen molar-refractivity contribution in [1.29, 1.82) is 0 Å². The summed E-state index contributed by atoms with van der Waals surface area (Å²) >= 11 is 2.13. The van der Waals surface area contributed by atoms with E-state index in [9.17, 15) is 0 Å². The van der Waals surface area contributed by atoms with Crippen molar-refractivity contribution in [3.05, 3.63) is 0 Å². The summed E-state index contributed by atoms with van der Waals surface area (Å²) in [5.74, 6) is 0.800. The molecule has 0 aromatic carbocycles. The van der Waals surface area contributed by atoms with Crippen molar-refractivity contribution in [2.45, 2.75) is 0 Å². The number of hydrogen-bond acceptors (Lipinski definition) is 2. The fourth-order valence-corrected chi connectivity index (χ4v) is 1.59. The summed E-state index contributed by atoms with van der Waals surface area (Å²) in [5, 5.41) is 0. The Bertz CT molecular complexity index is 121. The third-order valence-corrected chi connectivity index (χ3v) is 2.11. The highest BCUT2D eigenvalue weighted by atomic mass is 32.2. The smallest absolute Gasteiger partial charge is 0.0389 e. The Morgan fingerprint density at radius 3 is 2.17 bits per heavy atom. The van der Waals surface area contributed by atoms with Crippen LogP contribution in [0, 0.1) is 0 Å². The van der Waals surface area contributed by atoms with E-state index in [0.717, 1.165) is 11.8 Å². The lowest BCUT2D eigenvalue weighted by atomic mass is 10.9. The normalized spacial score (nSPS) is 50.7. The van der Waals surface area contributed by atoms with Gasteiger partial charge in [-0.25, -0.2) is 0 Å². The molecule has 0 bridgehead atoms. The molecule has 0 saturated carbocycles. The summed E-state index contributed by atoms with van der Waals surface area (Å²) < 4.78 is 29.0. The first-order valence-electron chi connectivity index (χ1n) is 3.69. The lowest BCUT2D eigenvalue weighted by molar-refractivity contribution is 1.43. The molecule has 0 aromatic heterocycles. The second-order valence-electron chi connectivity index (χ2n) is 0.884. The fourth-order valence-electron chi connectivity index (χ4n) is 0.244. The van der Waals surface area contributed by atoms with Crippen LogP contribution in [0.25, 0.3) is 0 Å². The zero-order valence-electron chi connectivity index (χ0n) is 7.23. The fraction of sp³-hybridized carbons (Fsp3) is 1.00. The minimum Gasteiger partial charge on any atom is -0.160 e. The van der Waals surface area contributed by atoms with Crippen LogP contribution < -0.4 is 0 Å². The van der Waals surface area contributed by atoms with Gasteiger partial charge in [-0.15, -0.1) is 0 Å².